The molecule has 2 aromatic carbocycles. The third-order valence-corrected chi connectivity index (χ3v) is 6.82. The Kier molecular flexibility index (Phi) is 6.20. The molecule has 1 unspecified atom stereocenters. The standard InChI is InChI=1S/C22H20ClFN2O3S/c23-17-5-1-4-8-21(17)30(28)15-16-9-10-20(29-16)22(27)26-13-11-25(12-14-26)19-7-3-2-6-18(19)24/h1-10H,11-15H2. The van der Waals surface area contributed by atoms with E-state index in [1.165, 1.54) is 6.07 Å². The first-order valence-electron chi connectivity index (χ1n) is 9.53. The van der Waals surface area contributed by atoms with Gasteiger partial charge < -0.3 is 14.2 Å². The Bertz CT molecular complexity index is 1080. The number of carbonyl (C=O) groups excluding carboxylic acids is 1. The molecule has 0 spiro atoms. The number of para-hydroxylation sites is 1. The summed E-state index contributed by atoms with van der Waals surface area (Å²) in [7, 11) is -1.37. The lowest BCUT2D eigenvalue weighted by Crippen LogP contribution is -2.49. The number of hydrogen-bond acceptors (Lipinski definition) is 4. The van der Waals surface area contributed by atoms with Crippen LogP contribution in [0.1, 0.15) is 16.3 Å². The van der Waals surface area contributed by atoms with E-state index < -0.39 is 10.8 Å². The van der Waals surface area contributed by atoms with Gasteiger partial charge in [-0.25, -0.2) is 4.39 Å². The Balaban J connectivity index is 1.37. The van der Waals surface area contributed by atoms with Crippen LogP contribution in [-0.4, -0.2) is 41.2 Å². The molecule has 8 heteroatoms. The number of hydrogen-bond donors (Lipinski definition) is 0. The van der Waals surface area contributed by atoms with Crippen molar-refractivity contribution in [1.82, 2.24) is 4.90 Å². The molecule has 1 aromatic heterocycles. The number of benzene rings is 2. The molecule has 0 bridgehead atoms. The number of furan rings is 1. The van der Waals surface area contributed by atoms with E-state index in [0.717, 1.165) is 0 Å². The zero-order chi connectivity index (χ0) is 21.1. The highest BCUT2D eigenvalue weighted by Crippen LogP contribution is 2.23. The molecule has 4 rings (SSSR count). The minimum Gasteiger partial charge on any atom is -0.455 e. The van der Waals surface area contributed by atoms with Crippen LogP contribution in [0, 0.1) is 5.82 Å². The fourth-order valence-corrected chi connectivity index (χ4v) is 4.90. The number of piperazine rings is 1. The molecule has 30 heavy (non-hydrogen) atoms. The van der Waals surface area contributed by atoms with Gasteiger partial charge in [-0.05, 0) is 36.4 Å². The number of anilines is 1. The van der Waals surface area contributed by atoms with Gasteiger partial charge in [-0.2, -0.15) is 0 Å². The van der Waals surface area contributed by atoms with Crippen molar-refractivity contribution < 1.29 is 17.8 Å². The molecule has 1 aliphatic rings. The van der Waals surface area contributed by atoms with Crippen molar-refractivity contribution in [3.05, 3.63) is 83.0 Å². The van der Waals surface area contributed by atoms with Crippen LogP contribution in [-0.2, 0) is 16.6 Å². The van der Waals surface area contributed by atoms with Crippen LogP contribution in [0.3, 0.4) is 0 Å². The number of carbonyl (C=O) groups is 1. The zero-order valence-electron chi connectivity index (χ0n) is 16.1. The summed E-state index contributed by atoms with van der Waals surface area (Å²) in [6.07, 6.45) is 0. The normalized spacial score (nSPS) is 15.3. The Morgan fingerprint density at radius 1 is 1.00 bits per heavy atom. The number of rotatable bonds is 5. The van der Waals surface area contributed by atoms with E-state index in [9.17, 15) is 13.4 Å². The van der Waals surface area contributed by atoms with Gasteiger partial charge in [-0.1, -0.05) is 35.9 Å². The summed E-state index contributed by atoms with van der Waals surface area (Å²) < 4.78 is 32.2. The van der Waals surface area contributed by atoms with E-state index in [2.05, 4.69) is 0 Å². The van der Waals surface area contributed by atoms with Crippen molar-refractivity contribution in [3.8, 4) is 0 Å². The lowest BCUT2D eigenvalue weighted by atomic mass is 10.2. The maximum absolute atomic E-state index is 14.0. The van der Waals surface area contributed by atoms with Crippen molar-refractivity contribution >= 4 is 34.0 Å². The average molecular weight is 447 g/mol. The minimum absolute atomic E-state index is 0.137. The van der Waals surface area contributed by atoms with Gasteiger partial charge in [0.15, 0.2) is 5.76 Å². The fraction of sp³-hybridized carbons (Fsp3) is 0.227. The topological polar surface area (TPSA) is 53.8 Å². The average Bonchev–Trinajstić information content (AvgIpc) is 3.22. The van der Waals surface area contributed by atoms with Gasteiger partial charge in [0.05, 0.1) is 32.2 Å². The van der Waals surface area contributed by atoms with Gasteiger partial charge in [0, 0.05) is 26.2 Å². The van der Waals surface area contributed by atoms with E-state index >= 15 is 0 Å². The second kappa shape index (κ2) is 9.02. The van der Waals surface area contributed by atoms with Crippen molar-refractivity contribution in [2.45, 2.75) is 10.6 Å². The van der Waals surface area contributed by atoms with Crippen molar-refractivity contribution in [3.63, 3.8) is 0 Å². The van der Waals surface area contributed by atoms with Gasteiger partial charge >= 0.3 is 0 Å². The van der Waals surface area contributed by atoms with E-state index in [1.54, 1.807) is 59.5 Å². The largest absolute Gasteiger partial charge is 0.455 e. The molecule has 1 fully saturated rings. The van der Waals surface area contributed by atoms with Gasteiger partial charge in [0.1, 0.15) is 11.6 Å². The Morgan fingerprint density at radius 2 is 1.70 bits per heavy atom. The molecule has 1 saturated heterocycles. The number of halogens is 2. The lowest BCUT2D eigenvalue weighted by Gasteiger charge is -2.35. The SMILES string of the molecule is O=C(c1ccc(CS(=O)c2ccccc2Cl)o1)N1CCN(c2ccccc2F)CC1. The molecule has 0 aliphatic carbocycles. The number of nitrogens with zero attached hydrogens (tertiary/aromatic N) is 2. The highest BCUT2D eigenvalue weighted by molar-refractivity contribution is 7.84. The van der Waals surface area contributed by atoms with Crippen molar-refractivity contribution in [2.24, 2.45) is 0 Å². The minimum atomic E-state index is -1.37. The highest BCUT2D eigenvalue weighted by Gasteiger charge is 2.25. The highest BCUT2D eigenvalue weighted by atomic mass is 35.5. The molecule has 1 amide bonds. The molecule has 1 aliphatic heterocycles. The smallest absolute Gasteiger partial charge is 0.289 e. The van der Waals surface area contributed by atoms with Crippen LogP contribution in [0.5, 0.6) is 0 Å². The quantitative estimate of drug-likeness (QED) is 0.585. The Hall–Kier alpha value is -2.64. The molecule has 0 radical (unpaired) electrons. The van der Waals surface area contributed by atoms with Crippen LogP contribution in [0.2, 0.25) is 5.02 Å². The van der Waals surface area contributed by atoms with E-state index in [1.807, 2.05) is 4.90 Å². The van der Waals surface area contributed by atoms with Gasteiger partial charge in [-0.15, -0.1) is 0 Å². The van der Waals surface area contributed by atoms with Crippen LogP contribution in [0.15, 0.2) is 70.0 Å². The monoisotopic (exact) mass is 446 g/mol. The summed E-state index contributed by atoms with van der Waals surface area (Å²) in [5, 5.41) is 0.436. The molecule has 1 atom stereocenters. The van der Waals surface area contributed by atoms with E-state index in [-0.39, 0.29) is 23.2 Å². The van der Waals surface area contributed by atoms with E-state index in [4.69, 9.17) is 16.0 Å². The lowest BCUT2D eigenvalue weighted by molar-refractivity contribution is 0.0713. The Morgan fingerprint density at radius 3 is 2.43 bits per heavy atom. The maximum Gasteiger partial charge on any atom is 0.289 e. The summed E-state index contributed by atoms with van der Waals surface area (Å²) in [5.41, 5.74) is 0.548. The van der Waals surface area contributed by atoms with Crippen LogP contribution in [0.25, 0.3) is 0 Å². The maximum atomic E-state index is 14.0. The second-order valence-corrected chi connectivity index (χ2v) is 8.74. The van der Waals surface area contributed by atoms with Gasteiger partial charge in [0.25, 0.3) is 5.91 Å². The summed E-state index contributed by atoms with van der Waals surface area (Å²) in [5.74, 6) is 0.317. The molecule has 2 heterocycles. The molecule has 156 valence electrons. The first kappa shape index (κ1) is 20.6. The van der Waals surface area contributed by atoms with E-state index in [0.29, 0.717) is 47.5 Å². The summed E-state index contributed by atoms with van der Waals surface area (Å²) in [6, 6.07) is 16.8. The summed E-state index contributed by atoms with van der Waals surface area (Å²) in [6.45, 7) is 2.01. The van der Waals surface area contributed by atoms with Gasteiger partial charge in [0.2, 0.25) is 0 Å². The molecular weight excluding hydrogens is 427 g/mol. The third kappa shape index (κ3) is 4.42. The molecule has 0 N–H and O–H groups in total. The molecule has 3 aromatic rings. The second-order valence-electron chi connectivity index (χ2n) is 6.92. The summed E-state index contributed by atoms with van der Waals surface area (Å²) >= 11 is 6.10. The molecule has 5 nitrogen and oxygen atoms in total. The van der Waals surface area contributed by atoms with Crippen molar-refractivity contribution in [1.29, 1.82) is 0 Å². The predicted octanol–water partition coefficient (Wildman–Crippen LogP) is 4.34. The Labute approximate surface area is 181 Å². The van der Waals surface area contributed by atoms with Crippen molar-refractivity contribution in [2.75, 3.05) is 31.1 Å². The van der Waals surface area contributed by atoms with Crippen LogP contribution in [0.4, 0.5) is 10.1 Å². The fourth-order valence-electron chi connectivity index (χ4n) is 3.42. The van der Waals surface area contributed by atoms with Gasteiger partial charge in [-0.3, -0.25) is 9.00 Å². The first-order chi connectivity index (χ1) is 14.5. The molecule has 0 saturated carbocycles. The molecular formula is C22H20ClFN2O3S. The number of amides is 1. The zero-order valence-corrected chi connectivity index (χ0v) is 17.7. The third-order valence-electron chi connectivity index (χ3n) is 4.99. The van der Waals surface area contributed by atoms with Crippen LogP contribution < -0.4 is 4.90 Å². The van der Waals surface area contributed by atoms with Crippen LogP contribution >= 0.6 is 11.6 Å². The first-order valence-corrected chi connectivity index (χ1v) is 11.2. The summed E-state index contributed by atoms with van der Waals surface area (Å²) in [4.78, 5) is 16.9. The predicted molar refractivity (Wildman–Crippen MR) is 115 cm³/mol.